The van der Waals surface area contributed by atoms with Crippen LogP contribution >= 0.6 is 0 Å². The molecule has 0 spiro atoms. The SMILES string of the molecule is CCN(Cc1ccc(OC)cc1O)c1ccccc1F. The molecule has 0 saturated heterocycles. The van der Waals surface area contributed by atoms with Crippen LogP contribution in [0.15, 0.2) is 42.5 Å². The van der Waals surface area contributed by atoms with Crippen LogP contribution < -0.4 is 9.64 Å². The summed E-state index contributed by atoms with van der Waals surface area (Å²) in [6, 6.07) is 11.8. The molecule has 20 heavy (non-hydrogen) atoms. The molecule has 0 aliphatic heterocycles. The fourth-order valence-corrected chi connectivity index (χ4v) is 2.09. The van der Waals surface area contributed by atoms with Crippen molar-refractivity contribution in [2.24, 2.45) is 0 Å². The van der Waals surface area contributed by atoms with E-state index in [-0.39, 0.29) is 11.6 Å². The Bertz CT molecular complexity index is 586. The molecule has 0 amide bonds. The minimum absolute atomic E-state index is 0.152. The van der Waals surface area contributed by atoms with Crippen molar-refractivity contribution in [3.8, 4) is 11.5 Å². The lowest BCUT2D eigenvalue weighted by Crippen LogP contribution is -2.23. The molecule has 0 aliphatic carbocycles. The minimum Gasteiger partial charge on any atom is -0.507 e. The van der Waals surface area contributed by atoms with Crippen LogP contribution in [0.1, 0.15) is 12.5 Å². The molecule has 3 nitrogen and oxygen atoms in total. The smallest absolute Gasteiger partial charge is 0.146 e. The van der Waals surface area contributed by atoms with Gasteiger partial charge in [0.25, 0.3) is 0 Å². The van der Waals surface area contributed by atoms with Gasteiger partial charge in [0.1, 0.15) is 17.3 Å². The van der Waals surface area contributed by atoms with Gasteiger partial charge in [-0.05, 0) is 31.2 Å². The summed E-state index contributed by atoms with van der Waals surface area (Å²) >= 11 is 0. The van der Waals surface area contributed by atoms with Gasteiger partial charge in [0.15, 0.2) is 0 Å². The molecule has 0 heterocycles. The van der Waals surface area contributed by atoms with Crippen molar-refractivity contribution < 1.29 is 14.2 Å². The summed E-state index contributed by atoms with van der Waals surface area (Å²) in [6.45, 7) is 3.03. The van der Waals surface area contributed by atoms with Crippen LogP contribution in [0.3, 0.4) is 0 Å². The third-order valence-electron chi connectivity index (χ3n) is 3.23. The van der Waals surface area contributed by atoms with E-state index in [2.05, 4.69) is 0 Å². The zero-order chi connectivity index (χ0) is 14.5. The highest BCUT2D eigenvalue weighted by molar-refractivity contribution is 5.50. The molecule has 1 N–H and O–H groups in total. The van der Waals surface area contributed by atoms with E-state index in [9.17, 15) is 9.50 Å². The fourth-order valence-electron chi connectivity index (χ4n) is 2.09. The number of nitrogens with zero attached hydrogens (tertiary/aromatic N) is 1. The van der Waals surface area contributed by atoms with E-state index in [0.717, 1.165) is 5.56 Å². The van der Waals surface area contributed by atoms with E-state index in [4.69, 9.17) is 4.74 Å². The van der Waals surface area contributed by atoms with Gasteiger partial charge in [-0.1, -0.05) is 12.1 Å². The zero-order valence-corrected chi connectivity index (χ0v) is 11.6. The van der Waals surface area contributed by atoms with Crippen molar-refractivity contribution >= 4 is 5.69 Å². The van der Waals surface area contributed by atoms with Crippen molar-refractivity contribution in [3.05, 3.63) is 53.8 Å². The Morgan fingerprint density at radius 2 is 1.95 bits per heavy atom. The number of aromatic hydroxyl groups is 1. The summed E-state index contributed by atoms with van der Waals surface area (Å²) in [5.41, 5.74) is 1.26. The van der Waals surface area contributed by atoms with Crippen LogP contribution in [0.25, 0.3) is 0 Å². The van der Waals surface area contributed by atoms with Crippen LogP contribution in [0.5, 0.6) is 11.5 Å². The van der Waals surface area contributed by atoms with Gasteiger partial charge in [-0.2, -0.15) is 0 Å². The van der Waals surface area contributed by atoms with Crippen molar-refractivity contribution in [2.75, 3.05) is 18.6 Å². The number of halogens is 1. The van der Waals surface area contributed by atoms with Gasteiger partial charge in [0.2, 0.25) is 0 Å². The van der Waals surface area contributed by atoms with Gasteiger partial charge < -0.3 is 14.7 Å². The molecule has 0 atom stereocenters. The largest absolute Gasteiger partial charge is 0.507 e. The van der Waals surface area contributed by atoms with Crippen LogP contribution in [0.4, 0.5) is 10.1 Å². The minimum atomic E-state index is -0.262. The maximum absolute atomic E-state index is 13.8. The molecule has 2 aromatic carbocycles. The van der Waals surface area contributed by atoms with Crippen molar-refractivity contribution in [3.63, 3.8) is 0 Å². The van der Waals surface area contributed by atoms with E-state index < -0.39 is 0 Å². The van der Waals surface area contributed by atoms with Gasteiger partial charge in [-0.25, -0.2) is 4.39 Å². The number of hydrogen-bond acceptors (Lipinski definition) is 3. The zero-order valence-electron chi connectivity index (χ0n) is 11.6. The van der Waals surface area contributed by atoms with Crippen LogP contribution in [0.2, 0.25) is 0 Å². The summed E-state index contributed by atoms with van der Waals surface area (Å²) in [6.07, 6.45) is 0. The lowest BCUT2D eigenvalue weighted by molar-refractivity contribution is 0.406. The number of hydrogen-bond donors (Lipinski definition) is 1. The molecule has 2 rings (SSSR count). The molecule has 0 radical (unpaired) electrons. The number of phenolic OH excluding ortho intramolecular Hbond substituents is 1. The Kier molecular flexibility index (Phi) is 4.45. The van der Waals surface area contributed by atoms with Crippen LogP contribution in [-0.2, 0) is 6.54 Å². The Labute approximate surface area is 118 Å². The normalized spacial score (nSPS) is 10.3. The fraction of sp³-hybridized carbons (Fsp3) is 0.250. The van der Waals surface area contributed by atoms with Gasteiger partial charge in [0, 0.05) is 24.7 Å². The lowest BCUT2D eigenvalue weighted by Gasteiger charge is -2.24. The Morgan fingerprint density at radius 3 is 2.55 bits per heavy atom. The first-order valence-corrected chi connectivity index (χ1v) is 6.51. The van der Waals surface area contributed by atoms with E-state index in [1.54, 1.807) is 43.5 Å². The summed E-state index contributed by atoms with van der Waals surface area (Å²) in [4.78, 5) is 1.87. The molecule has 0 aliphatic rings. The highest BCUT2D eigenvalue weighted by Gasteiger charge is 2.12. The van der Waals surface area contributed by atoms with Crippen LogP contribution in [0, 0.1) is 5.82 Å². The molecular formula is C16H18FNO2. The third-order valence-corrected chi connectivity index (χ3v) is 3.23. The van der Waals surface area contributed by atoms with Gasteiger partial charge in [0.05, 0.1) is 12.8 Å². The first kappa shape index (κ1) is 14.2. The van der Waals surface area contributed by atoms with Gasteiger partial charge in [-0.3, -0.25) is 0 Å². The predicted molar refractivity (Wildman–Crippen MR) is 77.8 cm³/mol. The number of benzene rings is 2. The van der Waals surface area contributed by atoms with E-state index in [1.165, 1.54) is 6.07 Å². The number of rotatable bonds is 5. The lowest BCUT2D eigenvalue weighted by atomic mass is 10.1. The average molecular weight is 275 g/mol. The maximum Gasteiger partial charge on any atom is 0.146 e. The second-order valence-electron chi connectivity index (χ2n) is 4.46. The number of phenols is 1. The van der Waals surface area contributed by atoms with Gasteiger partial charge >= 0.3 is 0 Å². The maximum atomic E-state index is 13.8. The highest BCUT2D eigenvalue weighted by atomic mass is 19.1. The molecule has 4 heteroatoms. The topological polar surface area (TPSA) is 32.7 Å². The molecule has 0 fully saturated rings. The molecule has 0 saturated carbocycles. The summed E-state index contributed by atoms with van der Waals surface area (Å²) in [5, 5.41) is 9.98. The third kappa shape index (κ3) is 3.02. The number of methoxy groups -OCH3 is 1. The first-order valence-electron chi connectivity index (χ1n) is 6.51. The second kappa shape index (κ2) is 6.28. The molecule has 0 aromatic heterocycles. The molecule has 0 bridgehead atoms. The number of anilines is 1. The van der Waals surface area contributed by atoms with E-state index in [0.29, 0.717) is 24.5 Å². The van der Waals surface area contributed by atoms with Gasteiger partial charge in [-0.15, -0.1) is 0 Å². The predicted octanol–water partition coefficient (Wildman–Crippen LogP) is 3.57. The Hall–Kier alpha value is -2.23. The van der Waals surface area contributed by atoms with Crippen LogP contribution in [-0.4, -0.2) is 18.8 Å². The summed E-state index contributed by atoms with van der Waals surface area (Å²) in [7, 11) is 1.55. The number of ether oxygens (including phenoxy) is 1. The molecule has 2 aromatic rings. The first-order chi connectivity index (χ1) is 9.65. The molecule has 0 unspecified atom stereocenters. The van der Waals surface area contributed by atoms with E-state index >= 15 is 0 Å². The molecule has 106 valence electrons. The van der Waals surface area contributed by atoms with Crippen molar-refractivity contribution in [2.45, 2.75) is 13.5 Å². The van der Waals surface area contributed by atoms with E-state index in [1.807, 2.05) is 11.8 Å². The Balaban J connectivity index is 2.25. The monoisotopic (exact) mass is 275 g/mol. The Morgan fingerprint density at radius 1 is 1.20 bits per heavy atom. The number of para-hydroxylation sites is 1. The summed E-state index contributed by atoms with van der Waals surface area (Å²) in [5.74, 6) is 0.488. The summed E-state index contributed by atoms with van der Waals surface area (Å²) < 4.78 is 18.9. The average Bonchev–Trinajstić information content (AvgIpc) is 2.47. The highest BCUT2D eigenvalue weighted by Crippen LogP contribution is 2.27. The van der Waals surface area contributed by atoms with Crippen molar-refractivity contribution in [1.82, 2.24) is 0 Å². The quantitative estimate of drug-likeness (QED) is 0.905. The standard InChI is InChI=1S/C16H18FNO2/c1-3-18(15-7-5-4-6-14(15)17)11-12-8-9-13(20-2)10-16(12)19/h4-10,19H,3,11H2,1-2H3. The van der Waals surface area contributed by atoms with Crippen molar-refractivity contribution in [1.29, 1.82) is 0 Å². The molecular weight excluding hydrogens is 257 g/mol. The second-order valence-corrected chi connectivity index (χ2v) is 4.46.